The first kappa shape index (κ1) is 10.4. The number of hydrogen-bond acceptors (Lipinski definition) is 6. The maximum atomic E-state index is 5.81. The quantitative estimate of drug-likeness (QED) is 0.710. The molecule has 2 N–H and O–H groups in total. The van der Waals surface area contributed by atoms with Gasteiger partial charge in [-0.25, -0.2) is 9.36 Å². The summed E-state index contributed by atoms with van der Waals surface area (Å²) >= 11 is 7.23. The van der Waals surface area contributed by atoms with Crippen LogP contribution in [0.4, 0.5) is 5.82 Å². The van der Waals surface area contributed by atoms with E-state index in [4.69, 9.17) is 11.6 Å². The van der Waals surface area contributed by atoms with Crippen LogP contribution in [0.3, 0.4) is 0 Å². The molecule has 3 rings (SSSR count). The summed E-state index contributed by atoms with van der Waals surface area (Å²) in [7, 11) is 0. The van der Waals surface area contributed by atoms with Gasteiger partial charge in [0.1, 0.15) is 5.52 Å². The van der Waals surface area contributed by atoms with Gasteiger partial charge in [0.15, 0.2) is 11.5 Å². The summed E-state index contributed by atoms with van der Waals surface area (Å²) < 4.78 is 4.03. The van der Waals surface area contributed by atoms with Crippen LogP contribution in [-0.4, -0.2) is 24.3 Å². The molecule has 0 aliphatic rings. The van der Waals surface area contributed by atoms with Crippen molar-refractivity contribution in [1.29, 1.82) is 0 Å². The highest BCUT2D eigenvalue weighted by molar-refractivity contribution is 7.03. The molecule has 0 aliphatic heterocycles. The van der Waals surface area contributed by atoms with Crippen LogP contribution in [0.25, 0.3) is 11.2 Å². The number of nitrogens with zero attached hydrogens (tertiary/aromatic N) is 4. The van der Waals surface area contributed by atoms with E-state index in [1.54, 1.807) is 6.33 Å². The van der Waals surface area contributed by atoms with Crippen LogP contribution in [0.5, 0.6) is 0 Å². The summed E-state index contributed by atoms with van der Waals surface area (Å²) in [4.78, 5) is 15.1. The Bertz CT molecular complexity index is 634. The van der Waals surface area contributed by atoms with E-state index >= 15 is 0 Å². The maximum Gasteiger partial charge on any atom is 0.226 e. The molecule has 17 heavy (non-hydrogen) atoms. The van der Waals surface area contributed by atoms with E-state index < -0.39 is 0 Å². The first-order valence-electron chi connectivity index (χ1n) is 4.81. The average Bonchev–Trinajstić information content (AvgIpc) is 2.95. The molecule has 0 radical (unpaired) electrons. The molecule has 0 spiro atoms. The first-order chi connectivity index (χ1) is 8.33. The molecule has 8 heteroatoms. The van der Waals surface area contributed by atoms with Gasteiger partial charge in [-0.15, -0.1) is 0 Å². The Morgan fingerprint density at radius 2 is 2.35 bits per heavy atom. The van der Waals surface area contributed by atoms with Crippen molar-refractivity contribution in [3.8, 4) is 0 Å². The van der Waals surface area contributed by atoms with Crippen LogP contribution in [0.2, 0.25) is 5.28 Å². The lowest BCUT2D eigenvalue weighted by Crippen LogP contribution is -2.02. The summed E-state index contributed by atoms with van der Waals surface area (Å²) in [5.74, 6) is 0.642. The van der Waals surface area contributed by atoms with E-state index in [1.165, 1.54) is 11.5 Å². The SMILES string of the molecule is Clc1nc(NCc2cnsc2)c2[nH]cnc2n1. The number of aromatic nitrogens is 5. The zero-order valence-corrected chi connectivity index (χ0v) is 10.1. The van der Waals surface area contributed by atoms with Crippen LogP contribution < -0.4 is 5.32 Å². The number of imidazole rings is 1. The number of anilines is 1. The number of nitrogens with one attached hydrogen (secondary N) is 2. The second kappa shape index (κ2) is 4.27. The number of fused-ring (bicyclic) bond motifs is 1. The van der Waals surface area contributed by atoms with Crippen LogP contribution in [0.1, 0.15) is 5.56 Å². The second-order valence-electron chi connectivity index (χ2n) is 3.33. The van der Waals surface area contributed by atoms with Crippen molar-refractivity contribution in [3.05, 3.63) is 28.8 Å². The molecule has 0 aromatic carbocycles. The predicted molar refractivity (Wildman–Crippen MR) is 66.1 cm³/mol. The molecule has 0 bridgehead atoms. The second-order valence-corrected chi connectivity index (χ2v) is 4.32. The van der Waals surface area contributed by atoms with Crippen molar-refractivity contribution >= 4 is 40.1 Å². The van der Waals surface area contributed by atoms with Crippen molar-refractivity contribution in [2.24, 2.45) is 0 Å². The fourth-order valence-electron chi connectivity index (χ4n) is 1.43. The van der Waals surface area contributed by atoms with Crippen LogP contribution in [0.15, 0.2) is 17.9 Å². The fraction of sp³-hybridized carbons (Fsp3) is 0.111. The molecule has 3 aromatic heterocycles. The van der Waals surface area contributed by atoms with Crippen molar-refractivity contribution in [1.82, 2.24) is 24.3 Å². The Kier molecular flexibility index (Phi) is 2.62. The summed E-state index contributed by atoms with van der Waals surface area (Å²) in [6, 6.07) is 0. The largest absolute Gasteiger partial charge is 0.364 e. The smallest absolute Gasteiger partial charge is 0.226 e. The molecule has 3 heterocycles. The van der Waals surface area contributed by atoms with Gasteiger partial charge in [-0.3, -0.25) is 0 Å². The van der Waals surface area contributed by atoms with Gasteiger partial charge in [0.05, 0.1) is 6.33 Å². The number of hydrogen-bond donors (Lipinski definition) is 2. The summed E-state index contributed by atoms with van der Waals surface area (Å²) in [6.45, 7) is 0.637. The van der Waals surface area contributed by atoms with Gasteiger partial charge in [0.2, 0.25) is 5.28 Å². The summed E-state index contributed by atoms with van der Waals surface area (Å²) in [6.07, 6.45) is 3.37. The minimum Gasteiger partial charge on any atom is -0.364 e. The zero-order valence-electron chi connectivity index (χ0n) is 8.51. The number of rotatable bonds is 3. The third-order valence-electron chi connectivity index (χ3n) is 2.20. The van der Waals surface area contributed by atoms with E-state index in [1.807, 2.05) is 11.6 Å². The van der Waals surface area contributed by atoms with Gasteiger partial charge in [0.25, 0.3) is 0 Å². The molecular formula is C9H7ClN6S. The van der Waals surface area contributed by atoms with Gasteiger partial charge in [-0.05, 0) is 23.1 Å². The van der Waals surface area contributed by atoms with Gasteiger partial charge < -0.3 is 10.3 Å². The van der Waals surface area contributed by atoms with Gasteiger partial charge >= 0.3 is 0 Å². The zero-order chi connectivity index (χ0) is 11.7. The third-order valence-corrected chi connectivity index (χ3v) is 3.01. The Balaban J connectivity index is 1.91. The Morgan fingerprint density at radius 1 is 1.41 bits per heavy atom. The lowest BCUT2D eigenvalue weighted by atomic mass is 10.3. The third kappa shape index (κ3) is 2.06. The minimum absolute atomic E-state index is 0.176. The fourth-order valence-corrected chi connectivity index (χ4v) is 2.14. The van der Waals surface area contributed by atoms with Crippen molar-refractivity contribution in [2.75, 3.05) is 5.32 Å². The highest BCUT2D eigenvalue weighted by Gasteiger charge is 2.08. The van der Waals surface area contributed by atoms with E-state index in [0.29, 0.717) is 18.0 Å². The topological polar surface area (TPSA) is 79.4 Å². The van der Waals surface area contributed by atoms with Gasteiger partial charge in [-0.2, -0.15) is 9.97 Å². The molecular weight excluding hydrogens is 260 g/mol. The molecule has 86 valence electrons. The van der Waals surface area contributed by atoms with E-state index in [0.717, 1.165) is 11.1 Å². The number of aromatic amines is 1. The summed E-state index contributed by atoms with van der Waals surface area (Å²) in [5.41, 5.74) is 2.39. The van der Waals surface area contributed by atoms with Crippen LogP contribution in [0, 0.1) is 0 Å². The standard InChI is InChI=1S/C9H7ClN6S/c10-9-15-7(6-8(16-9)13-4-12-6)11-1-5-2-14-17-3-5/h2-4H,1H2,(H2,11,12,13,15,16). The highest BCUT2D eigenvalue weighted by atomic mass is 35.5. The maximum absolute atomic E-state index is 5.81. The molecule has 0 atom stereocenters. The molecule has 3 aromatic rings. The van der Waals surface area contributed by atoms with Gasteiger partial charge in [0, 0.05) is 23.7 Å². The molecule has 0 fully saturated rings. The van der Waals surface area contributed by atoms with Crippen molar-refractivity contribution in [3.63, 3.8) is 0 Å². The highest BCUT2D eigenvalue weighted by Crippen LogP contribution is 2.19. The van der Waals surface area contributed by atoms with Crippen LogP contribution in [-0.2, 0) is 6.54 Å². The molecule has 0 saturated carbocycles. The van der Waals surface area contributed by atoms with E-state index in [-0.39, 0.29) is 5.28 Å². The lowest BCUT2D eigenvalue weighted by Gasteiger charge is -2.04. The van der Waals surface area contributed by atoms with Crippen molar-refractivity contribution in [2.45, 2.75) is 6.54 Å². The van der Waals surface area contributed by atoms with Crippen molar-refractivity contribution < 1.29 is 0 Å². The average molecular weight is 267 g/mol. The Labute approximate surface area is 105 Å². The Hall–Kier alpha value is -1.73. The lowest BCUT2D eigenvalue weighted by molar-refractivity contribution is 1.10. The number of halogens is 1. The molecule has 0 saturated heterocycles. The predicted octanol–water partition coefficient (Wildman–Crippen LogP) is 2.07. The molecule has 0 aliphatic carbocycles. The molecule has 0 amide bonds. The molecule has 0 unspecified atom stereocenters. The normalized spacial score (nSPS) is 10.9. The van der Waals surface area contributed by atoms with E-state index in [9.17, 15) is 0 Å². The number of H-pyrrole nitrogens is 1. The first-order valence-corrected chi connectivity index (χ1v) is 6.03. The summed E-state index contributed by atoms with van der Waals surface area (Å²) in [5, 5.41) is 5.33. The van der Waals surface area contributed by atoms with Crippen LogP contribution >= 0.6 is 23.1 Å². The van der Waals surface area contributed by atoms with E-state index in [2.05, 4.69) is 29.6 Å². The minimum atomic E-state index is 0.176. The monoisotopic (exact) mass is 266 g/mol. The Morgan fingerprint density at radius 3 is 3.18 bits per heavy atom. The van der Waals surface area contributed by atoms with Gasteiger partial charge in [-0.1, -0.05) is 0 Å². The molecule has 6 nitrogen and oxygen atoms in total.